The number of benzene rings is 1. The molecule has 90 valence electrons. The number of nitrogens with zero attached hydrogens (tertiary/aromatic N) is 1. The zero-order chi connectivity index (χ0) is 12.6. The zero-order valence-electron chi connectivity index (χ0n) is 8.88. The predicted octanol–water partition coefficient (Wildman–Crippen LogP) is 3.25. The molecule has 6 heteroatoms. The molecule has 0 aliphatic heterocycles. The standard InChI is InChI=1S/C11H9F3N2O/c1-6-3-2-4-7(5-6)8-9(11(12,13)14)17-16-10(8)15/h2-5H,1H3,(H2,15,16). The van der Waals surface area contributed by atoms with E-state index in [-0.39, 0.29) is 11.4 Å². The van der Waals surface area contributed by atoms with Gasteiger partial charge >= 0.3 is 6.18 Å². The van der Waals surface area contributed by atoms with E-state index in [2.05, 4.69) is 9.68 Å². The van der Waals surface area contributed by atoms with Crippen molar-refractivity contribution in [2.75, 3.05) is 5.73 Å². The van der Waals surface area contributed by atoms with Crippen molar-refractivity contribution in [3.8, 4) is 11.1 Å². The average Bonchev–Trinajstić information content (AvgIpc) is 2.59. The number of rotatable bonds is 1. The van der Waals surface area contributed by atoms with Crippen LogP contribution < -0.4 is 5.73 Å². The number of hydrogen-bond donors (Lipinski definition) is 1. The Kier molecular flexibility index (Phi) is 2.57. The number of hydrogen-bond acceptors (Lipinski definition) is 3. The molecule has 0 aliphatic carbocycles. The van der Waals surface area contributed by atoms with Crippen LogP contribution in [-0.4, -0.2) is 5.16 Å². The molecule has 1 aromatic heterocycles. The number of halogens is 3. The van der Waals surface area contributed by atoms with E-state index in [9.17, 15) is 13.2 Å². The van der Waals surface area contributed by atoms with Crippen molar-refractivity contribution >= 4 is 5.82 Å². The first-order valence-corrected chi connectivity index (χ1v) is 4.79. The van der Waals surface area contributed by atoms with E-state index in [0.717, 1.165) is 5.56 Å². The number of anilines is 1. The minimum Gasteiger partial charge on any atom is -0.380 e. The van der Waals surface area contributed by atoms with Gasteiger partial charge in [-0.15, -0.1) is 0 Å². The molecule has 0 bridgehead atoms. The summed E-state index contributed by atoms with van der Waals surface area (Å²) in [6.07, 6.45) is -4.61. The van der Waals surface area contributed by atoms with Crippen LogP contribution in [0.25, 0.3) is 11.1 Å². The Morgan fingerprint density at radius 1 is 1.29 bits per heavy atom. The topological polar surface area (TPSA) is 52.0 Å². The monoisotopic (exact) mass is 242 g/mol. The van der Waals surface area contributed by atoms with Gasteiger partial charge < -0.3 is 10.3 Å². The normalized spacial score (nSPS) is 11.8. The van der Waals surface area contributed by atoms with Crippen molar-refractivity contribution in [3.05, 3.63) is 35.6 Å². The Hall–Kier alpha value is -1.98. The highest BCUT2D eigenvalue weighted by molar-refractivity contribution is 5.76. The quantitative estimate of drug-likeness (QED) is 0.835. The van der Waals surface area contributed by atoms with Gasteiger partial charge in [0.1, 0.15) is 0 Å². The second kappa shape index (κ2) is 3.80. The van der Waals surface area contributed by atoms with Gasteiger partial charge in [-0.25, -0.2) is 0 Å². The zero-order valence-corrected chi connectivity index (χ0v) is 8.88. The first-order valence-electron chi connectivity index (χ1n) is 4.79. The molecule has 1 aromatic carbocycles. The molecule has 2 aromatic rings. The van der Waals surface area contributed by atoms with Gasteiger partial charge in [0.15, 0.2) is 5.82 Å². The third-order valence-corrected chi connectivity index (χ3v) is 2.28. The maximum atomic E-state index is 12.7. The lowest BCUT2D eigenvalue weighted by Gasteiger charge is -2.06. The summed E-state index contributed by atoms with van der Waals surface area (Å²) < 4.78 is 42.2. The molecule has 0 spiro atoms. The first-order chi connectivity index (χ1) is 7.89. The van der Waals surface area contributed by atoms with Crippen LogP contribution in [0.1, 0.15) is 11.3 Å². The third-order valence-electron chi connectivity index (χ3n) is 2.28. The van der Waals surface area contributed by atoms with Gasteiger partial charge in [-0.05, 0) is 12.5 Å². The van der Waals surface area contributed by atoms with Gasteiger partial charge in [0.05, 0.1) is 5.56 Å². The van der Waals surface area contributed by atoms with Crippen molar-refractivity contribution in [2.45, 2.75) is 13.1 Å². The van der Waals surface area contributed by atoms with Crippen LogP contribution in [0.3, 0.4) is 0 Å². The molecule has 0 saturated carbocycles. The van der Waals surface area contributed by atoms with E-state index in [4.69, 9.17) is 5.73 Å². The highest BCUT2D eigenvalue weighted by Crippen LogP contribution is 2.40. The summed E-state index contributed by atoms with van der Waals surface area (Å²) in [5.74, 6) is -1.43. The smallest absolute Gasteiger partial charge is 0.380 e. The summed E-state index contributed by atoms with van der Waals surface area (Å²) in [7, 11) is 0. The fourth-order valence-corrected chi connectivity index (χ4v) is 1.58. The van der Waals surface area contributed by atoms with E-state index in [1.807, 2.05) is 0 Å². The largest absolute Gasteiger partial charge is 0.453 e. The van der Waals surface area contributed by atoms with Crippen molar-refractivity contribution in [1.82, 2.24) is 5.16 Å². The molecule has 0 unspecified atom stereocenters. The van der Waals surface area contributed by atoms with Crippen molar-refractivity contribution in [3.63, 3.8) is 0 Å². The van der Waals surface area contributed by atoms with Crippen molar-refractivity contribution in [1.29, 1.82) is 0 Å². The number of alkyl halides is 3. The summed E-state index contributed by atoms with van der Waals surface area (Å²) in [4.78, 5) is 0. The highest BCUT2D eigenvalue weighted by atomic mass is 19.4. The molecular formula is C11H9F3N2O. The van der Waals surface area contributed by atoms with Crippen LogP contribution in [0.4, 0.5) is 19.0 Å². The third kappa shape index (κ3) is 2.11. The van der Waals surface area contributed by atoms with Crippen LogP contribution in [-0.2, 0) is 6.18 Å². The fraction of sp³-hybridized carbons (Fsp3) is 0.182. The Bertz CT molecular complexity index is 546. The Balaban J connectivity index is 2.63. The van der Waals surface area contributed by atoms with Gasteiger partial charge in [0.25, 0.3) is 0 Å². The van der Waals surface area contributed by atoms with E-state index in [1.165, 1.54) is 6.07 Å². The summed E-state index contributed by atoms with van der Waals surface area (Å²) in [6, 6.07) is 6.56. The second-order valence-electron chi connectivity index (χ2n) is 3.64. The minimum atomic E-state index is -4.61. The molecular weight excluding hydrogens is 233 g/mol. The molecule has 17 heavy (non-hydrogen) atoms. The lowest BCUT2D eigenvalue weighted by atomic mass is 10.0. The summed E-state index contributed by atoms with van der Waals surface area (Å²) in [5, 5.41) is 3.17. The molecule has 2 N–H and O–H groups in total. The SMILES string of the molecule is Cc1cccc(-c2c(N)noc2C(F)(F)F)c1. The van der Waals surface area contributed by atoms with E-state index in [0.29, 0.717) is 5.56 Å². The van der Waals surface area contributed by atoms with E-state index < -0.39 is 11.9 Å². The van der Waals surface area contributed by atoms with Gasteiger partial charge in [0.2, 0.25) is 5.76 Å². The first kappa shape index (κ1) is 11.5. The van der Waals surface area contributed by atoms with Gasteiger partial charge in [-0.3, -0.25) is 0 Å². The van der Waals surface area contributed by atoms with Crippen LogP contribution in [0.5, 0.6) is 0 Å². The van der Waals surface area contributed by atoms with E-state index >= 15 is 0 Å². The van der Waals surface area contributed by atoms with Gasteiger partial charge in [-0.1, -0.05) is 35.0 Å². The molecule has 0 amide bonds. The van der Waals surface area contributed by atoms with Crippen LogP contribution >= 0.6 is 0 Å². The van der Waals surface area contributed by atoms with Crippen molar-refractivity contribution in [2.24, 2.45) is 0 Å². The van der Waals surface area contributed by atoms with Gasteiger partial charge in [0, 0.05) is 0 Å². The number of nitrogen functional groups attached to an aromatic ring is 1. The highest BCUT2D eigenvalue weighted by Gasteiger charge is 2.40. The molecule has 1 heterocycles. The Labute approximate surface area is 95.0 Å². The minimum absolute atomic E-state index is 0.207. The Morgan fingerprint density at radius 3 is 2.59 bits per heavy atom. The molecule has 0 saturated heterocycles. The maximum Gasteiger partial charge on any atom is 0.453 e. The average molecular weight is 242 g/mol. The van der Waals surface area contributed by atoms with Crippen LogP contribution in [0, 0.1) is 6.92 Å². The number of aromatic nitrogens is 1. The molecule has 0 aliphatic rings. The van der Waals surface area contributed by atoms with E-state index in [1.54, 1.807) is 25.1 Å². The molecule has 0 fully saturated rings. The lowest BCUT2D eigenvalue weighted by molar-refractivity contribution is -0.154. The molecule has 2 rings (SSSR count). The molecule has 0 atom stereocenters. The maximum absolute atomic E-state index is 12.7. The lowest BCUT2D eigenvalue weighted by Crippen LogP contribution is -2.05. The number of nitrogens with two attached hydrogens (primary N) is 1. The van der Waals surface area contributed by atoms with Crippen LogP contribution in [0.2, 0.25) is 0 Å². The van der Waals surface area contributed by atoms with Crippen molar-refractivity contribution < 1.29 is 17.7 Å². The molecule has 0 radical (unpaired) electrons. The summed E-state index contributed by atoms with van der Waals surface area (Å²) in [5.41, 5.74) is 6.38. The second-order valence-corrected chi connectivity index (χ2v) is 3.64. The van der Waals surface area contributed by atoms with Crippen LogP contribution in [0.15, 0.2) is 28.8 Å². The predicted molar refractivity (Wildman–Crippen MR) is 56.1 cm³/mol. The molecule has 3 nitrogen and oxygen atoms in total. The number of aryl methyl sites for hydroxylation is 1. The van der Waals surface area contributed by atoms with Gasteiger partial charge in [-0.2, -0.15) is 13.2 Å². The Morgan fingerprint density at radius 2 is 2.00 bits per heavy atom. The summed E-state index contributed by atoms with van der Waals surface area (Å²) in [6.45, 7) is 1.78. The summed E-state index contributed by atoms with van der Waals surface area (Å²) >= 11 is 0. The fourth-order valence-electron chi connectivity index (χ4n) is 1.58.